The van der Waals surface area contributed by atoms with E-state index in [0.29, 0.717) is 25.7 Å². The highest BCUT2D eigenvalue weighted by Gasteiger charge is 2.59. The molecule has 3 fully saturated rings. The van der Waals surface area contributed by atoms with Gasteiger partial charge >= 0.3 is 12.1 Å². The van der Waals surface area contributed by atoms with Crippen molar-refractivity contribution < 1.29 is 48.0 Å². The van der Waals surface area contributed by atoms with Gasteiger partial charge in [0, 0.05) is 51.0 Å². The summed E-state index contributed by atoms with van der Waals surface area (Å²) in [7, 11) is 5.26. The summed E-state index contributed by atoms with van der Waals surface area (Å²) in [5.74, 6) is -2.89. The van der Waals surface area contributed by atoms with Crippen LogP contribution in [0.4, 0.5) is 4.79 Å². The number of esters is 1. The van der Waals surface area contributed by atoms with Crippen LogP contribution in [0.25, 0.3) is 10.4 Å². The van der Waals surface area contributed by atoms with Crippen molar-refractivity contribution in [3.8, 4) is 0 Å². The molecule has 3 heterocycles. The number of aliphatic hydroxyl groups is 1. The number of ketones is 1. The van der Waals surface area contributed by atoms with Gasteiger partial charge in [0.1, 0.15) is 23.9 Å². The molecule has 0 saturated carbocycles. The third-order valence-electron chi connectivity index (χ3n) is 11.3. The number of likely N-dealkylation sites (N-methyl/N-ethyl adjacent to an activating group) is 1. The Kier molecular flexibility index (Phi) is 25.4. The van der Waals surface area contributed by atoms with Crippen LogP contribution < -0.4 is 0 Å². The summed E-state index contributed by atoms with van der Waals surface area (Å²) in [6.07, 6.45) is -2.90. The maximum atomic E-state index is 14.0. The molecular weight excluding hydrogens is 736 g/mol. The van der Waals surface area contributed by atoms with Crippen LogP contribution in [-0.2, 0) is 38.1 Å². The smallest absolute Gasteiger partial charge is 0.410 e. The van der Waals surface area contributed by atoms with Crippen molar-refractivity contribution in [1.82, 2.24) is 14.7 Å². The second-order valence-electron chi connectivity index (χ2n) is 15.5. The Labute approximate surface area is 345 Å². The van der Waals surface area contributed by atoms with Gasteiger partial charge in [0.2, 0.25) is 5.91 Å². The molecule has 12 atom stereocenters. The number of ether oxygens (including phenoxy) is 5. The SMILES string of the molecule is C.C.C.C.C.CC[C@H]1OC(=O)[C@H](C)C(=O)C[C@@H](O[C@@H]2OC(C)CC(N(C)C)C2O)[C@](C)(OC)C[C@@H](C)CN(C(C)=O)[C@H](C)[C@H]2N(CCCCN=[N+]=[N-])C(=O)O[C@]12C. The van der Waals surface area contributed by atoms with Crippen LogP contribution in [-0.4, -0.2) is 144 Å². The lowest BCUT2D eigenvalue weighted by molar-refractivity contribution is -0.289. The predicted molar refractivity (Wildman–Crippen MR) is 225 cm³/mol. The summed E-state index contributed by atoms with van der Waals surface area (Å²) in [5.41, 5.74) is 6.17. The lowest BCUT2D eigenvalue weighted by Gasteiger charge is -2.46. The van der Waals surface area contributed by atoms with Crippen LogP contribution in [0.1, 0.15) is 131 Å². The first kappa shape index (κ1) is 58.3. The largest absolute Gasteiger partial charge is 0.458 e. The predicted octanol–water partition coefficient (Wildman–Crippen LogP) is 7.25. The van der Waals surface area contributed by atoms with Crippen molar-refractivity contribution in [2.75, 3.05) is 40.8 Å². The van der Waals surface area contributed by atoms with Gasteiger partial charge in [-0.2, -0.15) is 0 Å². The molecule has 3 rings (SSSR count). The molecule has 0 bridgehead atoms. The molecule has 0 radical (unpaired) electrons. The zero-order valence-electron chi connectivity index (χ0n) is 32.9. The quantitative estimate of drug-likeness (QED) is 0.0583. The lowest BCUT2D eigenvalue weighted by atomic mass is 9.82. The number of rotatable bonds is 10. The van der Waals surface area contributed by atoms with Gasteiger partial charge in [-0.05, 0) is 92.3 Å². The number of hydrogen-bond donors (Lipinski definition) is 1. The molecule has 3 aliphatic rings. The van der Waals surface area contributed by atoms with Crippen molar-refractivity contribution in [2.24, 2.45) is 17.0 Å². The number of hydrogen-bond acceptors (Lipinski definition) is 12. The Hall–Kier alpha value is -3.01. The maximum absolute atomic E-state index is 14.0. The first-order chi connectivity index (χ1) is 24.3. The zero-order valence-corrected chi connectivity index (χ0v) is 32.9. The number of methoxy groups -OCH3 is 1. The highest BCUT2D eigenvalue weighted by atomic mass is 16.7. The van der Waals surface area contributed by atoms with Gasteiger partial charge in [-0.15, -0.1) is 0 Å². The minimum absolute atomic E-state index is 0. The van der Waals surface area contributed by atoms with Gasteiger partial charge in [-0.1, -0.05) is 56.1 Å². The molecule has 0 aromatic heterocycles. The summed E-state index contributed by atoms with van der Waals surface area (Å²) >= 11 is 0. The van der Waals surface area contributed by atoms with E-state index in [1.165, 1.54) is 21.0 Å². The number of carbonyl (C=O) groups is 4. The number of cyclic esters (lactones) is 1. The number of unbranched alkanes of at least 4 members (excludes halogenated alkanes) is 1. The van der Waals surface area contributed by atoms with Crippen molar-refractivity contribution in [3.63, 3.8) is 0 Å². The number of fused-ring (bicyclic) bond motifs is 1. The Bertz CT molecular complexity index is 1320. The van der Waals surface area contributed by atoms with E-state index in [1.807, 2.05) is 46.7 Å². The van der Waals surface area contributed by atoms with Crippen molar-refractivity contribution in [1.29, 1.82) is 0 Å². The van der Waals surface area contributed by atoms with E-state index < -0.39 is 71.7 Å². The van der Waals surface area contributed by atoms with Gasteiger partial charge in [0.25, 0.3) is 0 Å². The highest BCUT2D eigenvalue weighted by Crippen LogP contribution is 2.41. The topological polar surface area (TPSA) is 193 Å². The maximum Gasteiger partial charge on any atom is 0.410 e. The fourth-order valence-corrected chi connectivity index (χ4v) is 8.22. The summed E-state index contributed by atoms with van der Waals surface area (Å²) < 4.78 is 30.9. The fraction of sp³-hybridized carbons (Fsp3) is 0.902. The van der Waals surface area contributed by atoms with E-state index in [-0.39, 0.29) is 93.6 Å². The minimum atomic E-state index is -1.38. The van der Waals surface area contributed by atoms with Crippen LogP contribution in [0.5, 0.6) is 0 Å². The van der Waals surface area contributed by atoms with E-state index >= 15 is 0 Å². The van der Waals surface area contributed by atoms with Gasteiger partial charge in [0.05, 0.1) is 29.9 Å². The van der Waals surface area contributed by atoms with Crippen LogP contribution in [0.3, 0.4) is 0 Å². The average molecular weight is 819 g/mol. The van der Waals surface area contributed by atoms with Crippen molar-refractivity contribution in [3.05, 3.63) is 10.4 Å². The number of Topliss-reactive ketones (excluding diaryl/α,β-unsaturated/α-hetero) is 1. The molecule has 16 nitrogen and oxygen atoms in total. The fourth-order valence-electron chi connectivity index (χ4n) is 8.22. The minimum Gasteiger partial charge on any atom is -0.458 e. The van der Waals surface area contributed by atoms with Crippen LogP contribution in [0.2, 0.25) is 0 Å². The molecule has 57 heavy (non-hydrogen) atoms. The number of carbonyl (C=O) groups excluding carboxylic acids is 4. The second-order valence-corrected chi connectivity index (χ2v) is 15.5. The van der Waals surface area contributed by atoms with Crippen LogP contribution in [0.15, 0.2) is 5.11 Å². The van der Waals surface area contributed by atoms with E-state index in [1.54, 1.807) is 23.6 Å². The highest BCUT2D eigenvalue weighted by molar-refractivity contribution is 5.99. The number of amides is 2. The number of aliphatic hydroxyl groups excluding tert-OH is 1. The molecule has 3 saturated heterocycles. The molecule has 0 aromatic rings. The zero-order chi connectivity index (χ0) is 39.1. The van der Waals surface area contributed by atoms with E-state index in [9.17, 15) is 24.3 Å². The van der Waals surface area contributed by atoms with E-state index in [4.69, 9.17) is 29.2 Å². The Morgan fingerprint density at radius 1 is 1.07 bits per heavy atom. The normalized spacial score (nSPS) is 34.8. The Balaban J connectivity index is -0.00000583. The Morgan fingerprint density at radius 3 is 2.21 bits per heavy atom. The molecule has 2 amide bonds. The monoisotopic (exact) mass is 819 g/mol. The third kappa shape index (κ3) is 13.5. The third-order valence-corrected chi connectivity index (χ3v) is 11.3. The standard InChI is InChI=1S/C36H62N6O10.5CH4/c1-12-28-36(8)31(41(34(47)52-36)16-14-13-15-38-39-37)24(5)42(25(6)43)20-21(2)19-35(7,48-11)29(18-27(44)23(4)32(46)50-28)51-33-30(45)26(40(9)10)17-22(3)49-33;;;;;/h21-24,26,28-31,33,45H,12-20H2,1-11H3;5*1H4/t21-,22?,23-,24-,26?,28-,29-,30?,31-,33+,35-,36-;;;;;/m1...../s1. The van der Waals surface area contributed by atoms with Crippen molar-refractivity contribution >= 4 is 23.8 Å². The molecule has 1 N–H and O–H groups in total. The molecule has 3 aliphatic heterocycles. The average Bonchev–Trinajstić information content (AvgIpc) is 3.34. The molecule has 336 valence electrons. The second kappa shape index (κ2) is 24.8. The number of azide groups is 1. The molecular formula is C41H82N6O10. The molecule has 0 aliphatic carbocycles. The lowest BCUT2D eigenvalue weighted by Crippen LogP contribution is -2.62. The van der Waals surface area contributed by atoms with Gasteiger partial charge < -0.3 is 38.6 Å². The molecule has 0 aromatic carbocycles. The Morgan fingerprint density at radius 2 is 1.68 bits per heavy atom. The van der Waals surface area contributed by atoms with Crippen LogP contribution >= 0.6 is 0 Å². The van der Waals surface area contributed by atoms with Crippen molar-refractivity contribution in [2.45, 2.75) is 191 Å². The number of nitrogens with zero attached hydrogens (tertiary/aromatic N) is 6. The molecule has 3 unspecified atom stereocenters. The van der Waals surface area contributed by atoms with Gasteiger partial charge in [-0.3, -0.25) is 19.3 Å². The van der Waals surface area contributed by atoms with E-state index in [0.717, 1.165) is 0 Å². The van der Waals surface area contributed by atoms with E-state index in [2.05, 4.69) is 10.0 Å². The summed E-state index contributed by atoms with van der Waals surface area (Å²) in [6.45, 7) is 14.8. The van der Waals surface area contributed by atoms with Crippen LogP contribution in [0, 0.1) is 11.8 Å². The molecule has 0 spiro atoms. The van der Waals surface area contributed by atoms with Gasteiger partial charge in [0.15, 0.2) is 11.9 Å². The first-order valence-corrected chi connectivity index (χ1v) is 18.6. The summed E-state index contributed by atoms with van der Waals surface area (Å²) in [6, 6.07) is -1.59. The summed E-state index contributed by atoms with van der Waals surface area (Å²) in [4.78, 5) is 62.8. The van der Waals surface area contributed by atoms with Gasteiger partial charge in [-0.25, -0.2) is 4.79 Å². The molecule has 16 heteroatoms. The first-order valence-electron chi connectivity index (χ1n) is 18.6. The summed E-state index contributed by atoms with van der Waals surface area (Å²) in [5, 5.41) is 14.9.